The smallest absolute Gasteiger partial charge is 0.238 e. The Morgan fingerprint density at radius 1 is 1.08 bits per heavy atom. The van der Waals surface area contributed by atoms with E-state index in [0.717, 1.165) is 5.56 Å². The van der Waals surface area contributed by atoms with E-state index in [-0.39, 0.29) is 23.9 Å². The lowest BCUT2D eigenvalue weighted by Crippen LogP contribution is -2.34. The first-order chi connectivity index (χ1) is 11.3. The number of nitrogens with two attached hydrogens (primary N) is 1. The summed E-state index contributed by atoms with van der Waals surface area (Å²) in [7, 11) is -1.87. The molecule has 0 aliphatic rings. The van der Waals surface area contributed by atoms with Crippen LogP contribution in [0.3, 0.4) is 0 Å². The van der Waals surface area contributed by atoms with Crippen molar-refractivity contribution >= 4 is 15.9 Å². The summed E-state index contributed by atoms with van der Waals surface area (Å²) in [6.07, 6.45) is 0. The molecule has 2 rings (SSSR count). The van der Waals surface area contributed by atoms with Crippen LogP contribution in [0, 0.1) is 0 Å². The maximum Gasteiger partial charge on any atom is 0.238 e. The number of likely N-dealkylation sites (N-methyl/N-ethyl adjacent to an activating group) is 1. The van der Waals surface area contributed by atoms with Crippen molar-refractivity contribution in [2.45, 2.75) is 18.0 Å². The molecule has 0 aliphatic heterocycles. The highest BCUT2D eigenvalue weighted by Crippen LogP contribution is 2.09. The lowest BCUT2D eigenvalue weighted by atomic mass is 10.2. The average molecular weight is 347 g/mol. The van der Waals surface area contributed by atoms with Crippen molar-refractivity contribution < 1.29 is 13.2 Å². The number of sulfonamides is 1. The van der Waals surface area contributed by atoms with E-state index >= 15 is 0 Å². The van der Waals surface area contributed by atoms with Crippen molar-refractivity contribution in [2.24, 2.45) is 5.14 Å². The molecule has 0 saturated heterocycles. The molecule has 128 valence electrons. The molecule has 7 heteroatoms. The van der Waals surface area contributed by atoms with Gasteiger partial charge in [-0.1, -0.05) is 42.5 Å². The summed E-state index contributed by atoms with van der Waals surface area (Å²) in [5.41, 5.74) is 1.81. The molecule has 24 heavy (non-hydrogen) atoms. The summed E-state index contributed by atoms with van der Waals surface area (Å²) >= 11 is 0. The van der Waals surface area contributed by atoms with E-state index in [9.17, 15) is 13.2 Å². The third kappa shape index (κ3) is 5.77. The minimum atomic E-state index is -3.74. The minimum absolute atomic E-state index is 0.0374. The van der Waals surface area contributed by atoms with Gasteiger partial charge >= 0.3 is 0 Å². The summed E-state index contributed by atoms with van der Waals surface area (Å²) < 4.78 is 22.7. The second kappa shape index (κ2) is 8.05. The Balaban J connectivity index is 1.85. The zero-order chi connectivity index (χ0) is 17.6. The molecule has 1 amide bonds. The molecule has 0 radical (unpaired) electrons. The van der Waals surface area contributed by atoms with E-state index in [0.29, 0.717) is 12.1 Å². The quantitative estimate of drug-likeness (QED) is 0.784. The summed E-state index contributed by atoms with van der Waals surface area (Å²) in [6.45, 7) is 1.18. The predicted molar refractivity (Wildman–Crippen MR) is 92.4 cm³/mol. The number of primary sulfonamides is 1. The monoisotopic (exact) mass is 347 g/mol. The first-order valence-electron chi connectivity index (χ1n) is 7.45. The van der Waals surface area contributed by atoms with Crippen LogP contribution in [-0.2, 0) is 27.9 Å². The van der Waals surface area contributed by atoms with Gasteiger partial charge in [0.2, 0.25) is 15.9 Å². The van der Waals surface area contributed by atoms with Crippen molar-refractivity contribution in [3.8, 4) is 0 Å². The van der Waals surface area contributed by atoms with Crippen LogP contribution < -0.4 is 10.5 Å². The normalized spacial score (nSPS) is 11.5. The van der Waals surface area contributed by atoms with Crippen molar-refractivity contribution in [2.75, 3.05) is 13.6 Å². The summed E-state index contributed by atoms with van der Waals surface area (Å²) in [4.78, 5) is 13.9. The average Bonchev–Trinajstić information content (AvgIpc) is 2.53. The predicted octanol–water partition coefficient (Wildman–Crippen LogP) is 1.08. The summed E-state index contributed by atoms with van der Waals surface area (Å²) in [5.74, 6) is -0.130. The lowest BCUT2D eigenvalue weighted by molar-refractivity contribution is -0.122. The maximum absolute atomic E-state index is 12.0. The van der Waals surface area contributed by atoms with Gasteiger partial charge in [0.05, 0.1) is 11.4 Å². The van der Waals surface area contributed by atoms with Crippen LogP contribution in [0.15, 0.2) is 59.5 Å². The number of carbonyl (C=O) groups is 1. The SMILES string of the molecule is CN(CC(=O)NCc1cccc(S(N)(=O)=O)c1)Cc1ccccc1. The molecule has 0 saturated carbocycles. The number of nitrogens with zero attached hydrogens (tertiary/aromatic N) is 1. The first-order valence-corrected chi connectivity index (χ1v) is 9.00. The summed E-state index contributed by atoms with van der Waals surface area (Å²) in [5, 5.41) is 7.88. The van der Waals surface area contributed by atoms with Gasteiger partial charge in [0.15, 0.2) is 0 Å². The van der Waals surface area contributed by atoms with E-state index in [1.54, 1.807) is 12.1 Å². The zero-order valence-corrected chi connectivity index (χ0v) is 14.3. The molecule has 2 aromatic carbocycles. The highest BCUT2D eigenvalue weighted by molar-refractivity contribution is 7.89. The number of hydrogen-bond donors (Lipinski definition) is 2. The molecule has 6 nitrogen and oxygen atoms in total. The van der Waals surface area contributed by atoms with E-state index in [4.69, 9.17) is 5.14 Å². The topological polar surface area (TPSA) is 92.5 Å². The molecule has 0 bridgehead atoms. The Labute approximate surface area is 142 Å². The summed E-state index contributed by atoms with van der Waals surface area (Å²) in [6, 6.07) is 16.1. The van der Waals surface area contributed by atoms with Crippen LogP contribution in [0.4, 0.5) is 0 Å². The van der Waals surface area contributed by atoms with Crippen LogP contribution >= 0.6 is 0 Å². The highest BCUT2D eigenvalue weighted by Gasteiger charge is 2.10. The van der Waals surface area contributed by atoms with Crippen LogP contribution in [0.1, 0.15) is 11.1 Å². The van der Waals surface area contributed by atoms with Gasteiger partial charge in [-0.05, 0) is 30.3 Å². The van der Waals surface area contributed by atoms with E-state index in [1.807, 2.05) is 42.3 Å². The highest BCUT2D eigenvalue weighted by atomic mass is 32.2. The van der Waals surface area contributed by atoms with Crippen molar-refractivity contribution in [3.63, 3.8) is 0 Å². The number of carbonyl (C=O) groups excluding carboxylic acids is 1. The van der Waals surface area contributed by atoms with Crippen LogP contribution in [0.25, 0.3) is 0 Å². The van der Waals surface area contributed by atoms with E-state index < -0.39 is 10.0 Å². The van der Waals surface area contributed by atoms with Gasteiger partial charge in [-0.2, -0.15) is 0 Å². The van der Waals surface area contributed by atoms with Gasteiger partial charge in [-0.15, -0.1) is 0 Å². The fourth-order valence-electron chi connectivity index (χ4n) is 2.29. The molecular weight excluding hydrogens is 326 g/mol. The lowest BCUT2D eigenvalue weighted by Gasteiger charge is -2.16. The third-order valence-electron chi connectivity index (χ3n) is 3.43. The molecule has 0 unspecified atom stereocenters. The number of hydrogen-bond acceptors (Lipinski definition) is 4. The molecule has 0 heterocycles. The molecule has 0 atom stereocenters. The Hall–Kier alpha value is -2.22. The van der Waals surface area contributed by atoms with Gasteiger partial charge in [-0.3, -0.25) is 9.69 Å². The largest absolute Gasteiger partial charge is 0.351 e. The fourth-order valence-corrected chi connectivity index (χ4v) is 2.87. The van der Waals surface area contributed by atoms with Gasteiger partial charge in [-0.25, -0.2) is 13.6 Å². The molecule has 0 aliphatic carbocycles. The number of rotatable bonds is 7. The van der Waals surface area contributed by atoms with Crippen LogP contribution in [-0.4, -0.2) is 32.8 Å². The number of benzene rings is 2. The molecular formula is C17H21N3O3S. The Kier molecular flexibility index (Phi) is 6.08. The molecule has 0 fully saturated rings. The Morgan fingerprint density at radius 3 is 2.42 bits per heavy atom. The van der Waals surface area contributed by atoms with Gasteiger partial charge < -0.3 is 5.32 Å². The molecule has 2 aromatic rings. The zero-order valence-electron chi connectivity index (χ0n) is 13.5. The minimum Gasteiger partial charge on any atom is -0.351 e. The first kappa shape index (κ1) is 18.1. The second-order valence-electron chi connectivity index (χ2n) is 5.63. The van der Waals surface area contributed by atoms with Crippen molar-refractivity contribution in [3.05, 3.63) is 65.7 Å². The maximum atomic E-state index is 12.0. The third-order valence-corrected chi connectivity index (χ3v) is 4.34. The Morgan fingerprint density at radius 2 is 1.75 bits per heavy atom. The van der Waals surface area contributed by atoms with E-state index in [2.05, 4.69) is 5.32 Å². The van der Waals surface area contributed by atoms with Crippen molar-refractivity contribution in [1.82, 2.24) is 10.2 Å². The van der Waals surface area contributed by atoms with Crippen LogP contribution in [0.2, 0.25) is 0 Å². The molecule has 3 N–H and O–H groups in total. The fraction of sp³-hybridized carbons (Fsp3) is 0.235. The van der Waals surface area contributed by atoms with Gasteiger partial charge in [0.1, 0.15) is 0 Å². The Bertz CT molecular complexity index is 792. The van der Waals surface area contributed by atoms with E-state index in [1.165, 1.54) is 12.1 Å². The standard InChI is InChI=1S/C17H21N3O3S/c1-20(12-14-6-3-2-4-7-14)13-17(21)19-11-15-8-5-9-16(10-15)24(18,22)23/h2-10H,11-13H2,1H3,(H,19,21)(H2,18,22,23). The van der Waals surface area contributed by atoms with Crippen molar-refractivity contribution in [1.29, 1.82) is 0 Å². The number of nitrogens with one attached hydrogen (secondary N) is 1. The van der Waals surface area contributed by atoms with Crippen LogP contribution in [0.5, 0.6) is 0 Å². The molecule has 0 spiro atoms. The van der Waals surface area contributed by atoms with Gasteiger partial charge in [0.25, 0.3) is 0 Å². The second-order valence-corrected chi connectivity index (χ2v) is 7.19. The molecule has 0 aromatic heterocycles. The number of amides is 1. The van der Waals surface area contributed by atoms with Gasteiger partial charge in [0, 0.05) is 13.1 Å².